The maximum absolute atomic E-state index is 14.0. The van der Waals surface area contributed by atoms with Crippen molar-refractivity contribution in [1.29, 1.82) is 0 Å². The van der Waals surface area contributed by atoms with Gasteiger partial charge in [0.25, 0.3) is 5.91 Å². The topological polar surface area (TPSA) is 166 Å². The zero-order chi connectivity index (χ0) is 41.9. The van der Waals surface area contributed by atoms with Crippen LogP contribution in [-0.4, -0.2) is 93.8 Å². The molecule has 0 aliphatic carbocycles. The summed E-state index contributed by atoms with van der Waals surface area (Å²) in [7, 11) is 5.10. The van der Waals surface area contributed by atoms with Crippen LogP contribution in [0, 0.1) is 6.92 Å². The highest BCUT2D eigenvalue weighted by Gasteiger charge is 2.39. The molecule has 4 heterocycles. The van der Waals surface area contributed by atoms with Crippen LogP contribution in [0.15, 0.2) is 108 Å². The van der Waals surface area contributed by atoms with Crippen molar-refractivity contribution in [3.05, 3.63) is 126 Å². The number of methoxy groups -OCH3 is 1. The first kappa shape index (κ1) is 40.0. The number of H-pyrrole nitrogens is 1. The molecule has 6 aromatic rings. The number of ether oxygens (including phenoxy) is 1. The number of hydrogen-bond donors (Lipinski definition) is 3. The van der Waals surface area contributed by atoms with E-state index in [1.165, 1.54) is 12.0 Å². The van der Waals surface area contributed by atoms with Crippen molar-refractivity contribution in [3.63, 3.8) is 0 Å². The molecule has 4 amide bonds. The SMILES string of the molecule is COC(=O)N[C@@H](C(=O)N1CCC[C@H]1C(=O)Nc1cc(-c2ncc(-c3ccc4nc([C@@H]5CCCN5C(=O)[C@@H](c5ccccc5)N(C)C)[nH]c4c3)o2)ccc1C)c1ccccc1. The molecule has 3 N–H and O–H groups in total. The molecule has 8 rings (SSSR count). The van der Waals surface area contributed by atoms with Gasteiger partial charge in [-0.25, -0.2) is 14.8 Å². The molecule has 308 valence electrons. The second-order valence-electron chi connectivity index (χ2n) is 15.5. The average molecular weight is 809 g/mol. The van der Waals surface area contributed by atoms with Crippen LogP contribution in [0.25, 0.3) is 33.8 Å². The molecule has 0 spiro atoms. The number of fused-ring (bicyclic) bond motifs is 1. The Kier molecular flexibility index (Phi) is 11.5. The molecule has 2 aromatic heterocycles. The van der Waals surface area contributed by atoms with Crippen LogP contribution < -0.4 is 10.6 Å². The molecule has 2 fully saturated rings. The van der Waals surface area contributed by atoms with Gasteiger partial charge in [-0.1, -0.05) is 66.7 Å². The van der Waals surface area contributed by atoms with Crippen molar-refractivity contribution in [2.45, 2.75) is 56.8 Å². The van der Waals surface area contributed by atoms with Crippen molar-refractivity contribution in [2.24, 2.45) is 0 Å². The fourth-order valence-corrected chi connectivity index (χ4v) is 8.33. The summed E-state index contributed by atoms with van der Waals surface area (Å²) in [5, 5.41) is 5.67. The smallest absolute Gasteiger partial charge is 0.407 e. The fraction of sp³-hybridized carbons (Fsp3) is 0.304. The van der Waals surface area contributed by atoms with E-state index in [1.54, 1.807) is 30.5 Å². The van der Waals surface area contributed by atoms with Gasteiger partial charge in [-0.2, -0.15) is 0 Å². The Labute approximate surface area is 347 Å². The van der Waals surface area contributed by atoms with Crippen LogP contribution in [0.1, 0.15) is 66.3 Å². The number of imidazole rings is 1. The summed E-state index contributed by atoms with van der Waals surface area (Å²) in [6.07, 6.45) is 3.75. The number of nitrogens with zero attached hydrogens (tertiary/aromatic N) is 5. The number of aromatic nitrogens is 3. The van der Waals surface area contributed by atoms with E-state index in [0.29, 0.717) is 54.4 Å². The Bertz CT molecular complexity index is 2520. The number of nitrogens with one attached hydrogen (secondary N) is 3. The molecule has 2 aliphatic rings. The van der Waals surface area contributed by atoms with Crippen molar-refractivity contribution < 1.29 is 28.3 Å². The zero-order valence-corrected chi connectivity index (χ0v) is 34.1. The van der Waals surface area contributed by atoms with Crippen LogP contribution in [0.5, 0.6) is 0 Å². The Balaban J connectivity index is 0.974. The minimum Gasteiger partial charge on any atom is -0.453 e. The molecular formula is C46H48N8O6. The van der Waals surface area contributed by atoms with Gasteiger partial charge in [0, 0.05) is 29.9 Å². The van der Waals surface area contributed by atoms with Crippen LogP contribution in [-0.2, 0) is 19.1 Å². The summed E-state index contributed by atoms with van der Waals surface area (Å²) in [5.41, 5.74) is 6.01. The van der Waals surface area contributed by atoms with Gasteiger partial charge in [-0.05, 0) is 93.7 Å². The molecule has 0 radical (unpaired) electrons. The average Bonchev–Trinajstić information content (AvgIpc) is 4.10. The van der Waals surface area contributed by atoms with Gasteiger partial charge in [0.05, 0.1) is 30.4 Å². The second kappa shape index (κ2) is 17.2. The summed E-state index contributed by atoms with van der Waals surface area (Å²) >= 11 is 0. The number of oxazole rings is 1. The van der Waals surface area contributed by atoms with E-state index in [4.69, 9.17) is 14.1 Å². The van der Waals surface area contributed by atoms with Crippen molar-refractivity contribution in [2.75, 3.05) is 39.6 Å². The van der Waals surface area contributed by atoms with Gasteiger partial charge in [-0.3, -0.25) is 19.3 Å². The molecule has 0 saturated carbocycles. The van der Waals surface area contributed by atoms with E-state index in [0.717, 1.165) is 46.4 Å². The summed E-state index contributed by atoms with van der Waals surface area (Å²) < 4.78 is 11.1. The summed E-state index contributed by atoms with van der Waals surface area (Å²) in [6, 6.07) is 27.9. The number of carbonyl (C=O) groups excluding carboxylic acids is 4. The number of alkyl carbamates (subject to hydrolysis) is 1. The first-order valence-electron chi connectivity index (χ1n) is 20.2. The lowest BCUT2D eigenvalue weighted by Gasteiger charge is -2.31. The largest absolute Gasteiger partial charge is 0.453 e. The molecule has 14 nitrogen and oxygen atoms in total. The molecular weight excluding hydrogens is 761 g/mol. The summed E-state index contributed by atoms with van der Waals surface area (Å²) in [5.74, 6) is 1.02. The molecule has 2 aliphatic heterocycles. The first-order valence-corrected chi connectivity index (χ1v) is 20.2. The van der Waals surface area contributed by atoms with Gasteiger partial charge in [0.2, 0.25) is 17.7 Å². The number of carbonyl (C=O) groups is 4. The fourth-order valence-electron chi connectivity index (χ4n) is 8.33. The maximum atomic E-state index is 14.0. The first-order chi connectivity index (χ1) is 29.1. The Morgan fingerprint density at radius 1 is 0.850 bits per heavy atom. The molecule has 4 atom stereocenters. The number of likely N-dealkylation sites (N-methyl/N-ethyl adjacent to an activating group) is 1. The van der Waals surface area contributed by atoms with E-state index in [9.17, 15) is 19.2 Å². The standard InChI is InChI=1S/C46H48N8O6/c1-28-19-20-32(26-34(28)50-42(55)37-18-12-24-54(37)44(56)39(51-46(58)59-4)29-13-7-5-8-14-29)43-47-27-38(60-43)31-21-22-33-35(25-31)49-41(48-33)36-17-11-23-53(36)45(57)40(52(2)3)30-15-9-6-10-16-30/h5-10,13-16,19-22,25-27,36-37,39-40H,11-12,17-18,23-24H2,1-4H3,(H,48,49)(H,50,55)(H,51,58)/t36-,37-,39+,40+/m0/s1. The highest BCUT2D eigenvalue weighted by Crippen LogP contribution is 2.36. The quantitative estimate of drug-likeness (QED) is 0.123. The summed E-state index contributed by atoms with van der Waals surface area (Å²) in [4.78, 5) is 72.4. The van der Waals surface area contributed by atoms with E-state index in [1.807, 2.05) is 104 Å². The van der Waals surface area contributed by atoms with E-state index in [-0.39, 0.29) is 23.8 Å². The van der Waals surface area contributed by atoms with E-state index < -0.39 is 24.2 Å². The zero-order valence-electron chi connectivity index (χ0n) is 34.1. The van der Waals surface area contributed by atoms with E-state index >= 15 is 0 Å². The maximum Gasteiger partial charge on any atom is 0.407 e. The minimum absolute atomic E-state index is 0.0560. The van der Waals surface area contributed by atoms with Gasteiger partial charge < -0.3 is 34.6 Å². The number of rotatable bonds is 11. The molecule has 4 aromatic carbocycles. The number of amides is 4. The van der Waals surface area contributed by atoms with Gasteiger partial charge >= 0.3 is 6.09 Å². The Hall–Kier alpha value is -6.80. The van der Waals surface area contributed by atoms with E-state index in [2.05, 4.69) is 20.6 Å². The van der Waals surface area contributed by atoms with Crippen LogP contribution in [0.4, 0.5) is 10.5 Å². The molecule has 2 saturated heterocycles. The molecule has 0 bridgehead atoms. The van der Waals surface area contributed by atoms with Crippen LogP contribution >= 0.6 is 0 Å². The Morgan fingerprint density at radius 3 is 2.28 bits per heavy atom. The lowest BCUT2D eigenvalue weighted by molar-refractivity contribution is -0.138. The van der Waals surface area contributed by atoms with Crippen molar-refractivity contribution >= 4 is 40.5 Å². The number of aromatic amines is 1. The van der Waals surface area contributed by atoms with Gasteiger partial charge in [0.1, 0.15) is 23.9 Å². The van der Waals surface area contributed by atoms with Crippen LogP contribution in [0.3, 0.4) is 0 Å². The molecule has 0 unspecified atom stereocenters. The lowest BCUT2D eigenvalue weighted by Crippen LogP contribution is -2.48. The minimum atomic E-state index is -1.01. The third kappa shape index (κ3) is 8.10. The van der Waals surface area contributed by atoms with Crippen molar-refractivity contribution in [3.8, 4) is 22.8 Å². The third-order valence-corrected chi connectivity index (χ3v) is 11.4. The van der Waals surface area contributed by atoms with Crippen LogP contribution in [0.2, 0.25) is 0 Å². The molecule has 14 heteroatoms. The number of benzene rings is 4. The monoisotopic (exact) mass is 808 g/mol. The number of anilines is 1. The summed E-state index contributed by atoms with van der Waals surface area (Å²) in [6.45, 7) is 2.93. The molecule has 60 heavy (non-hydrogen) atoms. The number of aryl methyl sites for hydroxylation is 1. The number of likely N-dealkylation sites (tertiary alicyclic amines) is 2. The third-order valence-electron chi connectivity index (χ3n) is 11.4. The van der Waals surface area contributed by atoms with Crippen molar-refractivity contribution in [1.82, 2.24) is 35.0 Å². The highest BCUT2D eigenvalue weighted by atomic mass is 16.5. The normalized spacial score (nSPS) is 17.5. The second-order valence-corrected chi connectivity index (χ2v) is 15.5. The van der Waals surface area contributed by atoms with Gasteiger partial charge in [0.15, 0.2) is 5.76 Å². The number of hydrogen-bond acceptors (Lipinski definition) is 9. The Morgan fingerprint density at radius 2 is 1.55 bits per heavy atom. The van der Waals surface area contributed by atoms with Gasteiger partial charge in [-0.15, -0.1) is 0 Å². The lowest BCUT2D eigenvalue weighted by atomic mass is 10.0. The predicted octanol–water partition coefficient (Wildman–Crippen LogP) is 7.19. The highest BCUT2D eigenvalue weighted by molar-refractivity contribution is 5.99. The predicted molar refractivity (Wildman–Crippen MR) is 226 cm³/mol.